The molecule has 2 aromatic rings. The van der Waals surface area contributed by atoms with E-state index in [0.717, 1.165) is 30.0 Å². The summed E-state index contributed by atoms with van der Waals surface area (Å²) in [6.07, 6.45) is 2.89. The Bertz CT molecular complexity index is 877. The lowest BCUT2D eigenvalue weighted by Gasteiger charge is -2.39. The number of hydrogen-bond acceptors (Lipinski definition) is 3. The van der Waals surface area contributed by atoms with E-state index in [-0.39, 0.29) is 30.6 Å². The molecule has 30 heavy (non-hydrogen) atoms. The molecule has 0 saturated heterocycles. The van der Waals surface area contributed by atoms with Crippen molar-refractivity contribution in [1.82, 2.24) is 19.7 Å². The lowest BCUT2D eigenvalue weighted by atomic mass is 9.98. The van der Waals surface area contributed by atoms with Crippen molar-refractivity contribution in [3.8, 4) is 5.75 Å². The summed E-state index contributed by atoms with van der Waals surface area (Å²) in [6, 6.07) is 11.3. The molecule has 7 heteroatoms. The molecule has 0 saturated carbocycles. The Hall–Kier alpha value is -2.96. The minimum atomic E-state index is -0.259. The van der Waals surface area contributed by atoms with Gasteiger partial charge in [-0.05, 0) is 38.5 Å². The highest BCUT2D eigenvalue weighted by Crippen LogP contribution is 2.37. The fourth-order valence-electron chi connectivity index (χ4n) is 3.93. The molecule has 1 aliphatic heterocycles. The summed E-state index contributed by atoms with van der Waals surface area (Å²) in [5.74, 6) is 0.676. The molecule has 0 fully saturated rings. The summed E-state index contributed by atoms with van der Waals surface area (Å²) < 4.78 is 7.77. The van der Waals surface area contributed by atoms with Gasteiger partial charge in [0.15, 0.2) is 0 Å². The molecule has 1 aromatic heterocycles. The van der Waals surface area contributed by atoms with Crippen LogP contribution in [-0.2, 0) is 11.3 Å². The van der Waals surface area contributed by atoms with E-state index in [0.29, 0.717) is 13.1 Å². The lowest BCUT2D eigenvalue weighted by molar-refractivity contribution is -0.134. The van der Waals surface area contributed by atoms with E-state index in [4.69, 9.17) is 4.74 Å². The zero-order valence-corrected chi connectivity index (χ0v) is 18.3. The van der Waals surface area contributed by atoms with Gasteiger partial charge in [0, 0.05) is 43.1 Å². The van der Waals surface area contributed by atoms with Crippen molar-refractivity contribution in [2.45, 2.75) is 45.8 Å². The Kier molecular flexibility index (Phi) is 7.03. The van der Waals surface area contributed by atoms with Crippen LogP contribution < -0.4 is 10.1 Å². The van der Waals surface area contributed by atoms with Crippen molar-refractivity contribution in [3.63, 3.8) is 0 Å². The van der Waals surface area contributed by atoms with Crippen LogP contribution >= 0.6 is 0 Å². The van der Waals surface area contributed by atoms with Gasteiger partial charge < -0.3 is 24.4 Å². The summed E-state index contributed by atoms with van der Waals surface area (Å²) in [6.45, 7) is 7.80. The molecule has 3 rings (SSSR count). The Balaban J connectivity index is 1.91. The highest BCUT2D eigenvalue weighted by atomic mass is 16.5. The predicted octanol–water partition coefficient (Wildman–Crippen LogP) is 3.26. The van der Waals surface area contributed by atoms with Crippen molar-refractivity contribution in [3.05, 3.63) is 53.9 Å². The van der Waals surface area contributed by atoms with E-state index in [9.17, 15) is 9.59 Å². The second-order valence-corrected chi connectivity index (χ2v) is 7.81. The minimum absolute atomic E-state index is 0.0412. The number of amides is 3. The van der Waals surface area contributed by atoms with Crippen LogP contribution in [0.2, 0.25) is 0 Å². The van der Waals surface area contributed by atoms with E-state index < -0.39 is 0 Å². The highest BCUT2D eigenvalue weighted by molar-refractivity contribution is 5.85. The number of urea groups is 1. The van der Waals surface area contributed by atoms with Gasteiger partial charge >= 0.3 is 6.03 Å². The van der Waals surface area contributed by atoms with Crippen LogP contribution in [0.4, 0.5) is 4.79 Å². The quantitative estimate of drug-likeness (QED) is 0.759. The van der Waals surface area contributed by atoms with Crippen molar-refractivity contribution in [2.75, 3.05) is 26.7 Å². The standard InChI is InChI=1S/C23H32N4O3/c1-5-12-24-23(29)27(17(2)3)16-21(28)26-15-14-25-13-8-10-19(25)22(26)18-9-6-7-11-20(18)30-4/h6-11,13,17,22H,5,12,14-16H2,1-4H3,(H,24,29)/t22-/m1/s1. The first-order valence-corrected chi connectivity index (χ1v) is 10.6. The van der Waals surface area contributed by atoms with Gasteiger partial charge in [0.25, 0.3) is 0 Å². The average Bonchev–Trinajstić information content (AvgIpc) is 3.23. The van der Waals surface area contributed by atoms with Crippen LogP contribution in [0.1, 0.15) is 44.5 Å². The van der Waals surface area contributed by atoms with Gasteiger partial charge in [0.1, 0.15) is 18.3 Å². The van der Waals surface area contributed by atoms with Crippen LogP contribution in [0.3, 0.4) is 0 Å². The summed E-state index contributed by atoms with van der Waals surface area (Å²) in [4.78, 5) is 29.5. The second kappa shape index (κ2) is 9.69. The first kappa shape index (κ1) is 21.7. The third-order valence-electron chi connectivity index (χ3n) is 5.51. The number of benzene rings is 1. The SMILES string of the molecule is CCCNC(=O)N(CC(=O)N1CCn2cccc2[C@H]1c1ccccc1OC)C(C)C. The number of fused-ring (bicyclic) bond motifs is 1. The number of carbonyl (C=O) groups is 2. The van der Waals surface area contributed by atoms with E-state index >= 15 is 0 Å². The van der Waals surface area contributed by atoms with Gasteiger partial charge in [0.05, 0.1) is 7.11 Å². The molecule has 0 bridgehead atoms. The molecule has 0 aliphatic carbocycles. The first-order chi connectivity index (χ1) is 14.5. The fourth-order valence-corrected chi connectivity index (χ4v) is 3.93. The molecule has 3 amide bonds. The Morgan fingerprint density at radius 3 is 2.67 bits per heavy atom. The number of hydrogen-bond donors (Lipinski definition) is 1. The second-order valence-electron chi connectivity index (χ2n) is 7.81. The van der Waals surface area contributed by atoms with Crippen molar-refractivity contribution >= 4 is 11.9 Å². The van der Waals surface area contributed by atoms with Gasteiger partial charge in [-0.2, -0.15) is 0 Å². The van der Waals surface area contributed by atoms with Crippen molar-refractivity contribution in [1.29, 1.82) is 0 Å². The van der Waals surface area contributed by atoms with Gasteiger partial charge in [-0.25, -0.2) is 4.79 Å². The molecule has 162 valence electrons. The third-order valence-corrected chi connectivity index (χ3v) is 5.51. The molecular weight excluding hydrogens is 380 g/mol. The molecular formula is C23H32N4O3. The van der Waals surface area contributed by atoms with Crippen LogP contribution in [0.15, 0.2) is 42.6 Å². The van der Waals surface area contributed by atoms with Crippen LogP contribution in [0, 0.1) is 0 Å². The molecule has 1 aromatic carbocycles. The van der Waals surface area contributed by atoms with Gasteiger partial charge in [-0.3, -0.25) is 4.79 Å². The van der Waals surface area contributed by atoms with Gasteiger partial charge in [-0.1, -0.05) is 25.1 Å². The van der Waals surface area contributed by atoms with Crippen LogP contribution in [0.25, 0.3) is 0 Å². The number of nitrogens with zero attached hydrogens (tertiary/aromatic N) is 3. The van der Waals surface area contributed by atoms with Crippen LogP contribution in [-0.4, -0.2) is 59.1 Å². The summed E-state index contributed by atoms with van der Waals surface area (Å²) in [5.41, 5.74) is 1.99. The van der Waals surface area contributed by atoms with E-state index in [2.05, 4.69) is 9.88 Å². The van der Waals surface area contributed by atoms with Crippen molar-refractivity contribution in [2.24, 2.45) is 0 Å². The predicted molar refractivity (Wildman–Crippen MR) is 117 cm³/mol. The normalized spacial score (nSPS) is 15.6. The van der Waals surface area contributed by atoms with E-state index in [1.807, 2.05) is 68.3 Å². The molecule has 1 atom stereocenters. The van der Waals surface area contributed by atoms with E-state index in [1.54, 1.807) is 12.0 Å². The number of para-hydroxylation sites is 1. The number of rotatable bonds is 7. The Morgan fingerprint density at radius 2 is 1.97 bits per heavy atom. The number of methoxy groups -OCH3 is 1. The largest absolute Gasteiger partial charge is 0.496 e. The zero-order chi connectivity index (χ0) is 21.7. The fraction of sp³-hybridized carbons (Fsp3) is 0.478. The number of aromatic nitrogens is 1. The number of carbonyl (C=O) groups excluding carboxylic acids is 2. The molecule has 0 radical (unpaired) electrons. The van der Waals surface area contributed by atoms with Gasteiger partial charge in [-0.15, -0.1) is 0 Å². The average molecular weight is 413 g/mol. The molecule has 1 N–H and O–H groups in total. The third kappa shape index (κ3) is 4.45. The summed E-state index contributed by atoms with van der Waals surface area (Å²) >= 11 is 0. The lowest BCUT2D eigenvalue weighted by Crippen LogP contribution is -2.52. The summed E-state index contributed by atoms with van der Waals surface area (Å²) in [7, 11) is 1.64. The zero-order valence-electron chi connectivity index (χ0n) is 18.3. The van der Waals surface area contributed by atoms with E-state index in [1.165, 1.54) is 0 Å². The molecule has 0 spiro atoms. The summed E-state index contributed by atoms with van der Waals surface area (Å²) in [5, 5.41) is 2.89. The number of ether oxygens (including phenoxy) is 1. The molecule has 0 unspecified atom stereocenters. The molecule has 2 heterocycles. The molecule has 1 aliphatic rings. The van der Waals surface area contributed by atoms with Crippen LogP contribution in [0.5, 0.6) is 5.75 Å². The maximum absolute atomic E-state index is 13.5. The minimum Gasteiger partial charge on any atom is -0.496 e. The monoisotopic (exact) mass is 412 g/mol. The maximum atomic E-state index is 13.5. The topological polar surface area (TPSA) is 66.8 Å². The Labute approximate surface area is 178 Å². The van der Waals surface area contributed by atoms with Crippen molar-refractivity contribution < 1.29 is 14.3 Å². The first-order valence-electron chi connectivity index (χ1n) is 10.6. The smallest absolute Gasteiger partial charge is 0.318 e. The Morgan fingerprint density at radius 1 is 1.20 bits per heavy atom. The molecule has 7 nitrogen and oxygen atoms in total. The van der Waals surface area contributed by atoms with Gasteiger partial charge in [0.2, 0.25) is 5.91 Å². The highest BCUT2D eigenvalue weighted by Gasteiger charge is 2.35. The number of nitrogens with one attached hydrogen (secondary N) is 1. The maximum Gasteiger partial charge on any atom is 0.318 e.